The zero-order chi connectivity index (χ0) is 14.0. The molecule has 100 valence electrons. The molecular weight excluding hydrogens is 305 g/mol. The van der Waals surface area contributed by atoms with Gasteiger partial charge in [-0.05, 0) is 31.2 Å². The van der Waals surface area contributed by atoms with Crippen molar-refractivity contribution in [1.29, 1.82) is 0 Å². The van der Waals surface area contributed by atoms with Gasteiger partial charge in [0.1, 0.15) is 0 Å². The molecule has 0 atom stereocenters. The summed E-state index contributed by atoms with van der Waals surface area (Å²) in [4.78, 5) is 0.182. The third kappa shape index (κ3) is 3.21. The standard InChI is InChI=1S/C13H11Cl2NO2S/c1-10-2-6-13(7-3-10)19(17,18)16-8-11(14)4-5-12(15)9-16/h2-9H,1H3. The summed E-state index contributed by atoms with van der Waals surface area (Å²) in [5.74, 6) is 0. The number of allylic oxidation sites excluding steroid dienone is 4. The highest BCUT2D eigenvalue weighted by Crippen LogP contribution is 2.23. The molecule has 3 nitrogen and oxygen atoms in total. The molecule has 0 bridgehead atoms. The van der Waals surface area contributed by atoms with Gasteiger partial charge < -0.3 is 0 Å². The predicted molar refractivity (Wildman–Crippen MR) is 77.2 cm³/mol. The second-order valence-corrected chi connectivity index (χ2v) is 6.73. The molecule has 0 aromatic heterocycles. The number of nitrogens with zero attached hydrogens (tertiary/aromatic N) is 1. The zero-order valence-corrected chi connectivity index (χ0v) is 12.4. The van der Waals surface area contributed by atoms with Crippen LogP contribution in [-0.4, -0.2) is 12.7 Å². The Morgan fingerprint density at radius 1 is 0.947 bits per heavy atom. The molecule has 1 aromatic carbocycles. The quantitative estimate of drug-likeness (QED) is 0.834. The van der Waals surface area contributed by atoms with Crippen LogP contribution < -0.4 is 0 Å². The molecule has 1 aliphatic heterocycles. The molecule has 0 spiro atoms. The van der Waals surface area contributed by atoms with Gasteiger partial charge >= 0.3 is 0 Å². The van der Waals surface area contributed by atoms with E-state index in [2.05, 4.69) is 0 Å². The average Bonchev–Trinajstić information content (AvgIpc) is 2.52. The molecule has 0 radical (unpaired) electrons. The minimum absolute atomic E-state index is 0.182. The number of halogens is 2. The zero-order valence-electron chi connectivity index (χ0n) is 10.0. The van der Waals surface area contributed by atoms with E-state index < -0.39 is 10.0 Å². The molecule has 1 aliphatic rings. The number of benzene rings is 1. The Kier molecular flexibility index (Phi) is 4.04. The van der Waals surface area contributed by atoms with Crippen molar-refractivity contribution in [3.8, 4) is 0 Å². The summed E-state index contributed by atoms with van der Waals surface area (Å²) >= 11 is 11.8. The first-order valence-electron chi connectivity index (χ1n) is 5.42. The van der Waals surface area contributed by atoms with Gasteiger partial charge in [-0.25, -0.2) is 12.7 Å². The summed E-state index contributed by atoms with van der Waals surface area (Å²) < 4.78 is 25.9. The average molecular weight is 316 g/mol. The van der Waals surface area contributed by atoms with E-state index >= 15 is 0 Å². The second kappa shape index (κ2) is 5.41. The second-order valence-electron chi connectivity index (χ2n) is 4.01. The van der Waals surface area contributed by atoms with Gasteiger partial charge in [0.05, 0.1) is 15.0 Å². The SMILES string of the molecule is Cc1ccc(S(=O)(=O)N2C=C(Cl)C=CC(Cl)=C2)cc1. The fourth-order valence-corrected chi connectivity index (χ4v) is 3.18. The molecule has 0 saturated carbocycles. The molecular formula is C13H11Cl2NO2S. The lowest BCUT2D eigenvalue weighted by Crippen LogP contribution is -2.21. The van der Waals surface area contributed by atoms with Crippen molar-refractivity contribution in [1.82, 2.24) is 4.31 Å². The van der Waals surface area contributed by atoms with Crippen LogP contribution >= 0.6 is 23.2 Å². The highest BCUT2D eigenvalue weighted by Gasteiger charge is 2.21. The lowest BCUT2D eigenvalue weighted by Gasteiger charge is -2.16. The topological polar surface area (TPSA) is 37.4 Å². The molecule has 0 N–H and O–H groups in total. The van der Waals surface area contributed by atoms with Crippen LogP contribution in [0.25, 0.3) is 0 Å². The molecule has 1 aromatic rings. The van der Waals surface area contributed by atoms with Gasteiger partial charge in [-0.1, -0.05) is 40.9 Å². The summed E-state index contributed by atoms with van der Waals surface area (Å²) in [6.07, 6.45) is 5.68. The molecule has 2 rings (SSSR count). The Labute approximate surface area is 122 Å². The van der Waals surface area contributed by atoms with E-state index in [9.17, 15) is 8.42 Å². The molecule has 6 heteroatoms. The summed E-state index contributed by atoms with van der Waals surface area (Å²) in [6.45, 7) is 1.89. The largest absolute Gasteiger partial charge is 0.267 e. The summed E-state index contributed by atoms with van der Waals surface area (Å²) in [7, 11) is -3.70. The maximum Gasteiger partial charge on any atom is 0.267 e. The van der Waals surface area contributed by atoms with E-state index in [4.69, 9.17) is 23.2 Å². The van der Waals surface area contributed by atoms with Crippen molar-refractivity contribution in [3.05, 3.63) is 64.4 Å². The summed E-state index contributed by atoms with van der Waals surface area (Å²) in [5.41, 5.74) is 0.985. The van der Waals surface area contributed by atoms with E-state index in [0.717, 1.165) is 9.87 Å². The van der Waals surface area contributed by atoms with E-state index in [1.54, 1.807) is 24.3 Å². The van der Waals surface area contributed by atoms with Gasteiger partial charge in [0, 0.05) is 12.4 Å². The minimum atomic E-state index is -3.70. The molecule has 0 amide bonds. The number of rotatable bonds is 2. The molecule has 1 heterocycles. The molecule has 0 saturated heterocycles. The van der Waals surface area contributed by atoms with Crippen molar-refractivity contribution in [2.45, 2.75) is 11.8 Å². The first-order valence-corrected chi connectivity index (χ1v) is 7.62. The Morgan fingerprint density at radius 2 is 1.42 bits per heavy atom. The van der Waals surface area contributed by atoms with Crippen LogP contribution in [0.2, 0.25) is 0 Å². The maximum atomic E-state index is 12.4. The Balaban J connectivity index is 2.47. The van der Waals surface area contributed by atoms with Gasteiger partial charge in [-0.15, -0.1) is 0 Å². The molecule has 19 heavy (non-hydrogen) atoms. The fraction of sp³-hybridized carbons (Fsp3) is 0.0769. The minimum Gasteiger partial charge on any atom is -0.246 e. The highest BCUT2D eigenvalue weighted by molar-refractivity contribution is 7.89. The maximum absolute atomic E-state index is 12.4. The van der Waals surface area contributed by atoms with E-state index in [1.165, 1.54) is 24.6 Å². The van der Waals surface area contributed by atoms with Gasteiger partial charge in [-0.2, -0.15) is 0 Å². The monoisotopic (exact) mass is 315 g/mol. The van der Waals surface area contributed by atoms with Crippen molar-refractivity contribution < 1.29 is 8.42 Å². The summed E-state index contributed by atoms with van der Waals surface area (Å²) in [6, 6.07) is 6.57. The smallest absolute Gasteiger partial charge is 0.246 e. The van der Waals surface area contributed by atoms with Crippen molar-refractivity contribution >= 4 is 33.2 Å². The molecule has 0 aliphatic carbocycles. The van der Waals surface area contributed by atoms with Crippen LogP contribution in [0.5, 0.6) is 0 Å². The Bertz CT molecular complexity index is 651. The van der Waals surface area contributed by atoms with Crippen LogP contribution in [0.15, 0.2) is 63.8 Å². The van der Waals surface area contributed by atoms with Crippen LogP contribution in [0.4, 0.5) is 0 Å². The predicted octanol–water partition coefficient (Wildman–Crippen LogP) is 3.72. The number of aryl methyl sites for hydroxylation is 1. The van der Waals surface area contributed by atoms with Crippen LogP contribution in [0.1, 0.15) is 5.56 Å². The lowest BCUT2D eigenvalue weighted by molar-refractivity contribution is 0.552. The van der Waals surface area contributed by atoms with Crippen molar-refractivity contribution in [2.24, 2.45) is 0 Å². The van der Waals surface area contributed by atoms with Gasteiger partial charge in [-0.3, -0.25) is 0 Å². The van der Waals surface area contributed by atoms with Gasteiger partial charge in [0.25, 0.3) is 10.0 Å². The Morgan fingerprint density at radius 3 is 1.89 bits per heavy atom. The first-order chi connectivity index (χ1) is 8.89. The van der Waals surface area contributed by atoms with Crippen molar-refractivity contribution in [2.75, 3.05) is 0 Å². The fourth-order valence-electron chi connectivity index (χ4n) is 1.50. The summed E-state index contributed by atoms with van der Waals surface area (Å²) in [5, 5.41) is 0.560. The number of hydrogen-bond acceptors (Lipinski definition) is 2. The van der Waals surface area contributed by atoms with Crippen LogP contribution in [0, 0.1) is 6.92 Å². The van der Waals surface area contributed by atoms with Crippen LogP contribution in [0.3, 0.4) is 0 Å². The highest BCUT2D eigenvalue weighted by atomic mass is 35.5. The molecule has 0 fully saturated rings. The van der Waals surface area contributed by atoms with E-state index in [-0.39, 0.29) is 15.0 Å². The lowest BCUT2D eigenvalue weighted by atomic mass is 10.2. The van der Waals surface area contributed by atoms with E-state index in [1.807, 2.05) is 6.92 Å². The third-order valence-corrected chi connectivity index (χ3v) is 4.58. The van der Waals surface area contributed by atoms with Gasteiger partial charge in [0.2, 0.25) is 0 Å². The van der Waals surface area contributed by atoms with Gasteiger partial charge in [0.15, 0.2) is 0 Å². The van der Waals surface area contributed by atoms with E-state index in [0.29, 0.717) is 0 Å². The Hall–Kier alpha value is -1.23. The normalized spacial score (nSPS) is 15.8. The third-order valence-electron chi connectivity index (χ3n) is 2.50. The number of sulfonamides is 1. The first kappa shape index (κ1) is 14.2. The van der Waals surface area contributed by atoms with Crippen LogP contribution in [-0.2, 0) is 10.0 Å². The van der Waals surface area contributed by atoms with Crippen molar-refractivity contribution in [3.63, 3.8) is 0 Å². The molecule has 0 unspecified atom stereocenters. The number of hydrogen-bond donors (Lipinski definition) is 0.